The molecular weight excluding hydrogens is 255 g/mol. The van der Waals surface area contributed by atoms with Gasteiger partial charge in [-0.3, -0.25) is 0 Å². The number of rotatable bonds is 2. The van der Waals surface area contributed by atoms with Gasteiger partial charge in [-0.1, -0.05) is 5.92 Å². The van der Waals surface area contributed by atoms with Gasteiger partial charge >= 0.3 is 0 Å². The molecule has 0 N–H and O–H groups in total. The smallest absolute Gasteiger partial charge is 0.233 e. The Kier molecular flexibility index (Phi) is 3.52. The van der Waals surface area contributed by atoms with E-state index in [9.17, 15) is 0 Å². The molecule has 0 saturated heterocycles. The number of hydrogen-bond acceptors (Lipinski definition) is 3. The average Bonchev–Trinajstić information content (AvgIpc) is 2.11. The van der Waals surface area contributed by atoms with E-state index in [0.717, 1.165) is 0 Å². The van der Waals surface area contributed by atoms with E-state index < -0.39 is 0 Å². The molecule has 0 aliphatic heterocycles. The molecule has 0 saturated carbocycles. The maximum absolute atomic E-state index is 5.57. The van der Waals surface area contributed by atoms with E-state index in [1.807, 2.05) is 0 Å². The number of halogens is 2. The van der Waals surface area contributed by atoms with Crippen LogP contribution in [0.4, 0.5) is 0 Å². The molecule has 13 heavy (non-hydrogen) atoms. The molecule has 0 fully saturated rings. The summed E-state index contributed by atoms with van der Waals surface area (Å²) < 4.78 is 5.88. The van der Waals surface area contributed by atoms with Gasteiger partial charge in [0.25, 0.3) is 0 Å². The lowest BCUT2D eigenvalue weighted by Crippen LogP contribution is -2.10. The first-order valence-corrected chi connectivity index (χ1v) is 4.61. The van der Waals surface area contributed by atoms with E-state index in [0.29, 0.717) is 10.4 Å². The van der Waals surface area contributed by atoms with Crippen molar-refractivity contribution in [3.8, 4) is 18.2 Å². The third-order valence-corrected chi connectivity index (χ3v) is 1.93. The Morgan fingerprint density at radius 1 is 1.77 bits per heavy atom. The first-order valence-electron chi connectivity index (χ1n) is 3.44. The molecular formula is C8H6BrClN2O. The Balaban J connectivity index is 2.88. The Hall–Kier alpha value is -0.790. The molecule has 5 heteroatoms. The van der Waals surface area contributed by atoms with Crippen LogP contribution in [0, 0.1) is 12.3 Å². The molecule has 1 rings (SSSR count). The van der Waals surface area contributed by atoms with Gasteiger partial charge in [0.2, 0.25) is 11.2 Å². The number of hydrogen-bond donors (Lipinski definition) is 0. The fraction of sp³-hybridized carbons (Fsp3) is 0.250. The Morgan fingerprint density at radius 2 is 2.46 bits per heavy atom. The second kappa shape index (κ2) is 4.45. The molecule has 0 spiro atoms. The second-order valence-corrected chi connectivity index (χ2v) is 3.41. The molecule has 68 valence electrons. The lowest BCUT2D eigenvalue weighted by molar-refractivity contribution is 0.265. The van der Waals surface area contributed by atoms with E-state index in [1.165, 1.54) is 6.20 Å². The fourth-order valence-electron chi connectivity index (χ4n) is 0.615. The van der Waals surface area contributed by atoms with Crippen LogP contribution < -0.4 is 4.74 Å². The summed E-state index contributed by atoms with van der Waals surface area (Å²) in [6.07, 6.45) is 6.30. The molecule has 0 aliphatic carbocycles. The molecule has 0 aromatic carbocycles. The molecule has 0 bridgehead atoms. The third kappa shape index (κ3) is 2.87. The van der Waals surface area contributed by atoms with E-state index >= 15 is 0 Å². The van der Waals surface area contributed by atoms with E-state index in [4.69, 9.17) is 22.8 Å². The van der Waals surface area contributed by atoms with Crippen LogP contribution in [0.15, 0.2) is 10.7 Å². The van der Waals surface area contributed by atoms with Crippen molar-refractivity contribution >= 4 is 27.5 Å². The molecule has 3 nitrogen and oxygen atoms in total. The Labute approximate surface area is 89.6 Å². The number of aromatic nitrogens is 2. The summed E-state index contributed by atoms with van der Waals surface area (Å²) in [5, 5.41) is 0.127. The highest BCUT2D eigenvalue weighted by molar-refractivity contribution is 9.10. The predicted octanol–water partition coefficient (Wildman–Crippen LogP) is 2.29. The summed E-state index contributed by atoms with van der Waals surface area (Å²) in [5.41, 5.74) is 0. The summed E-state index contributed by atoms with van der Waals surface area (Å²) in [6, 6.07) is 0. The van der Waals surface area contributed by atoms with Gasteiger partial charge in [-0.05, 0) is 34.5 Å². The zero-order valence-electron chi connectivity index (χ0n) is 6.79. The minimum absolute atomic E-state index is 0.127. The van der Waals surface area contributed by atoms with Gasteiger partial charge in [0.05, 0.1) is 4.47 Å². The highest BCUT2D eigenvalue weighted by atomic mass is 79.9. The van der Waals surface area contributed by atoms with Crippen molar-refractivity contribution < 1.29 is 4.74 Å². The van der Waals surface area contributed by atoms with Crippen LogP contribution in [0.3, 0.4) is 0 Å². The van der Waals surface area contributed by atoms with Crippen LogP contribution in [-0.4, -0.2) is 16.1 Å². The predicted molar refractivity (Wildman–Crippen MR) is 53.7 cm³/mol. The molecule has 1 aromatic rings. The first-order chi connectivity index (χ1) is 6.13. The number of ether oxygens (including phenoxy) is 1. The average molecular weight is 262 g/mol. The Morgan fingerprint density at radius 3 is 3.08 bits per heavy atom. The third-order valence-electron chi connectivity index (χ3n) is 1.21. The van der Waals surface area contributed by atoms with Crippen molar-refractivity contribution in [1.82, 2.24) is 9.97 Å². The molecule has 0 aliphatic rings. The number of nitrogens with zero attached hydrogens (tertiary/aromatic N) is 2. The lowest BCUT2D eigenvalue weighted by Gasteiger charge is -2.08. The molecule has 1 unspecified atom stereocenters. The van der Waals surface area contributed by atoms with Crippen molar-refractivity contribution in [2.45, 2.75) is 13.0 Å². The van der Waals surface area contributed by atoms with Crippen LogP contribution in [0.5, 0.6) is 5.88 Å². The summed E-state index contributed by atoms with van der Waals surface area (Å²) in [7, 11) is 0. The van der Waals surface area contributed by atoms with E-state index in [1.54, 1.807) is 6.92 Å². The van der Waals surface area contributed by atoms with Crippen molar-refractivity contribution in [3.05, 3.63) is 16.0 Å². The summed E-state index contributed by atoms with van der Waals surface area (Å²) in [4.78, 5) is 7.60. The maximum Gasteiger partial charge on any atom is 0.233 e. The van der Waals surface area contributed by atoms with Crippen molar-refractivity contribution in [2.24, 2.45) is 0 Å². The van der Waals surface area contributed by atoms with Crippen LogP contribution in [0.2, 0.25) is 5.28 Å². The maximum atomic E-state index is 5.57. The summed E-state index contributed by atoms with van der Waals surface area (Å²) in [5.74, 6) is 2.77. The highest BCUT2D eigenvalue weighted by Gasteiger charge is 2.07. The standard InChI is InChI=1S/C8H6BrClN2O/c1-3-5(2)13-7-6(9)4-11-8(10)12-7/h1,4-5H,2H3. The van der Waals surface area contributed by atoms with Gasteiger partial charge in [-0.25, -0.2) is 4.98 Å². The van der Waals surface area contributed by atoms with Gasteiger partial charge in [-0.15, -0.1) is 6.42 Å². The molecule has 1 aromatic heterocycles. The minimum atomic E-state index is -0.345. The zero-order chi connectivity index (χ0) is 9.84. The molecule has 0 radical (unpaired) electrons. The SMILES string of the molecule is C#CC(C)Oc1nc(Cl)ncc1Br. The van der Waals surface area contributed by atoms with Gasteiger partial charge < -0.3 is 4.74 Å². The quantitative estimate of drug-likeness (QED) is 0.605. The minimum Gasteiger partial charge on any atom is -0.461 e. The van der Waals surface area contributed by atoms with Crippen molar-refractivity contribution in [3.63, 3.8) is 0 Å². The van der Waals surface area contributed by atoms with Gasteiger partial charge in [0.1, 0.15) is 0 Å². The van der Waals surface area contributed by atoms with E-state index in [-0.39, 0.29) is 11.4 Å². The topological polar surface area (TPSA) is 35.0 Å². The van der Waals surface area contributed by atoms with Gasteiger partial charge in [0.15, 0.2) is 6.10 Å². The Bertz CT molecular complexity index is 350. The van der Waals surface area contributed by atoms with Crippen molar-refractivity contribution in [1.29, 1.82) is 0 Å². The normalized spacial score (nSPS) is 11.8. The molecule has 1 heterocycles. The monoisotopic (exact) mass is 260 g/mol. The molecule has 1 atom stereocenters. The van der Waals surface area contributed by atoms with Crippen LogP contribution in [0.1, 0.15) is 6.92 Å². The largest absolute Gasteiger partial charge is 0.461 e. The van der Waals surface area contributed by atoms with Crippen LogP contribution in [0.25, 0.3) is 0 Å². The summed E-state index contributed by atoms with van der Waals surface area (Å²) >= 11 is 8.78. The van der Waals surface area contributed by atoms with Gasteiger partial charge in [0, 0.05) is 6.20 Å². The molecule has 0 amide bonds. The first kappa shape index (κ1) is 10.3. The van der Waals surface area contributed by atoms with Gasteiger partial charge in [-0.2, -0.15) is 4.98 Å². The number of terminal acetylenes is 1. The van der Waals surface area contributed by atoms with Crippen LogP contribution >= 0.6 is 27.5 Å². The zero-order valence-corrected chi connectivity index (χ0v) is 9.13. The summed E-state index contributed by atoms with van der Waals surface area (Å²) in [6.45, 7) is 1.74. The fourth-order valence-corrected chi connectivity index (χ4v) is 1.03. The van der Waals surface area contributed by atoms with Crippen molar-refractivity contribution in [2.75, 3.05) is 0 Å². The van der Waals surface area contributed by atoms with E-state index in [2.05, 4.69) is 31.8 Å². The highest BCUT2D eigenvalue weighted by Crippen LogP contribution is 2.23. The van der Waals surface area contributed by atoms with Crippen LogP contribution in [-0.2, 0) is 0 Å². The second-order valence-electron chi connectivity index (χ2n) is 2.22. The lowest BCUT2D eigenvalue weighted by atomic mass is 10.4.